The molecular weight excluding hydrogens is 342 g/mol. The Bertz CT molecular complexity index is 450. The Hall–Kier alpha value is -1.01. The van der Waals surface area contributed by atoms with Crippen molar-refractivity contribution >= 4 is 39.6 Å². The summed E-state index contributed by atoms with van der Waals surface area (Å²) in [5.74, 6) is -0.283. The largest absolute Gasteiger partial charge is 0.481 e. The molecule has 0 bridgehead atoms. The summed E-state index contributed by atoms with van der Waals surface area (Å²) < 4.78 is 1.01. The topological polar surface area (TPSA) is 66.4 Å². The molecule has 1 aromatic rings. The predicted molar refractivity (Wildman–Crippen MR) is 83.9 cm³/mol. The smallest absolute Gasteiger partial charge is 0.303 e. The Labute approximate surface area is 131 Å². The third-order valence-corrected chi connectivity index (χ3v) is 4.22. The number of halogens is 1. The van der Waals surface area contributed by atoms with Crippen LogP contribution in [0.2, 0.25) is 0 Å². The second kappa shape index (κ2) is 9.02. The van der Waals surface area contributed by atoms with Crippen molar-refractivity contribution in [1.29, 1.82) is 0 Å². The molecule has 0 heterocycles. The lowest BCUT2D eigenvalue weighted by atomic mass is 10.1. The molecule has 0 aliphatic heterocycles. The highest BCUT2D eigenvalue weighted by Crippen LogP contribution is 2.20. The second-order valence-electron chi connectivity index (χ2n) is 4.58. The number of thioether (sulfide) groups is 1. The molecule has 1 rings (SSSR count). The van der Waals surface area contributed by atoms with Gasteiger partial charge in [0, 0.05) is 22.3 Å². The molecule has 0 saturated heterocycles. The first-order valence-electron chi connectivity index (χ1n) is 6.34. The van der Waals surface area contributed by atoms with Crippen molar-refractivity contribution in [2.45, 2.75) is 24.7 Å². The van der Waals surface area contributed by atoms with E-state index >= 15 is 0 Å². The first kappa shape index (κ1) is 17.0. The van der Waals surface area contributed by atoms with Gasteiger partial charge in [0.1, 0.15) is 0 Å². The molecule has 0 spiro atoms. The lowest BCUT2D eigenvalue weighted by Crippen LogP contribution is -2.29. The van der Waals surface area contributed by atoms with E-state index in [1.54, 1.807) is 0 Å². The van der Waals surface area contributed by atoms with Crippen molar-refractivity contribution in [2.75, 3.05) is 12.3 Å². The summed E-state index contributed by atoms with van der Waals surface area (Å²) in [5, 5.41) is 11.4. The van der Waals surface area contributed by atoms with Crippen molar-refractivity contribution in [3.8, 4) is 0 Å². The normalized spacial score (nSPS) is 11.9. The summed E-state index contributed by atoms with van der Waals surface area (Å²) >= 11 is 4.84. The van der Waals surface area contributed by atoms with Crippen LogP contribution in [0.3, 0.4) is 0 Å². The summed E-state index contributed by atoms with van der Waals surface area (Å²) in [6.07, 6.45) is 0.722. The summed E-state index contributed by atoms with van der Waals surface area (Å²) in [5.41, 5.74) is 0. The first-order chi connectivity index (χ1) is 9.47. The predicted octanol–water partition coefficient (Wildman–Crippen LogP) is 3.16. The van der Waals surface area contributed by atoms with E-state index in [0.29, 0.717) is 18.7 Å². The number of rotatable bonds is 8. The number of hydrogen-bond donors (Lipinski definition) is 2. The van der Waals surface area contributed by atoms with Crippen LogP contribution in [0.4, 0.5) is 0 Å². The van der Waals surface area contributed by atoms with Crippen LogP contribution in [-0.4, -0.2) is 29.3 Å². The Balaban J connectivity index is 2.20. The van der Waals surface area contributed by atoms with Gasteiger partial charge < -0.3 is 10.4 Å². The molecule has 0 aliphatic carbocycles. The highest BCUT2D eigenvalue weighted by atomic mass is 79.9. The van der Waals surface area contributed by atoms with Crippen molar-refractivity contribution < 1.29 is 14.7 Å². The minimum Gasteiger partial charge on any atom is -0.481 e. The fourth-order valence-electron chi connectivity index (χ4n) is 1.49. The number of carbonyl (C=O) groups is 2. The van der Waals surface area contributed by atoms with Gasteiger partial charge in [-0.2, -0.15) is 0 Å². The van der Waals surface area contributed by atoms with Gasteiger partial charge in [0.25, 0.3) is 0 Å². The van der Waals surface area contributed by atoms with E-state index in [9.17, 15) is 9.59 Å². The van der Waals surface area contributed by atoms with Gasteiger partial charge in [-0.25, -0.2) is 0 Å². The molecule has 0 radical (unpaired) electrons. The number of carboxylic acids is 1. The minimum atomic E-state index is -0.797. The van der Waals surface area contributed by atoms with Gasteiger partial charge in [-0.15, -0.1) is 11.8 Å². The Morgan fingerprint density at radius 2 is 2.00 bits per heavy atom. The van der Waals surface area contributed by atoms with Gasteiger partial charge in [0.05, 0.1) is 5.75 Å². The fraction of sp³-hybridized carbons (Fsp3) is 0.429. The van der Waals surface area contributed by atoms with Gasteiger partial charge in [-0.05, 0) is 36.6 Å². The number of carbonyl (C=O) groups excluding carboxylic acids is 1. The molecule has 1 unspecified atom stereocenters. The molecule has 2 N–H and O–H groups in total. The van der Waals surface area contributed by atoms with Gasteiger partial charge >= 0.3 is 5.97 Å². The van der Waals surface area contributed by atoms with E-state index in [2.05, 4.69) is 21.2 Å². The van der Waals surface area contributed by atoms with Crippen molar-refractivity contribution in [3.05, 3.63) is 28.7 Å². The first-order valence-corrected chi connectivity index (χ1v) is 8.12. The zero-order valence-electron chi connectivity index (χ0n) is 11.3. The molecule has 110 valence electrons. The fourth-order valence-corrected chi connectivity index (χ4v) is 2.48. The highest BCUT2D eigenvalue weighted by molar-refractivity contribution is 9.10. The van der Waals surface area contributed by atoms with Gasteiger partial charge in [-0.3, -0.25) is 9.59 Å². The van der Waals surface area contributed by atoms with Gasteiger partial charge in [-0.1, -0.05) is 22.9 Å². The number of carboxylic acid groups (broad SMARTS) is 1. The Morgan fingerprint density at radius 1 is 1.35 bits per heavy atom. The van der Waals surface area contributed by atoms with Crippen LogP contribution in [0.25, 0.3) is 0 Å². The third-order valence-electron chi connectivity index (χ3n) is 2.68. The number of nitrogens with one attached hydrogen (secondary N) is 1. The summed E-state index contributed by atoms with van der Waals surface area (Å²) in [6.45, 7) is 2.46. The Kier molecular flexibility index (Phi) is 7.69. The standard InChI is InChI=1S/C14H18BrNO3S/c1-10(2-7-14(18)19)8-16-13(17)9-20-12-5-3-11(15)4-6-12/h3-6,10H,2,7-9H2,1H3,(H,16,17)(H,18,19). The molecule has 4 nitrogen and oxygen atoms in total. The maximum atomic E-state index is 11.7. The van der Waals surface area contributed by atoms with Crippen molar-refractivity contribution in [2.24, 2.45) is 5.92 Å². The van der Waals surface area contributed by atoms with Crippen molar-refractivity contribution in [3.63, 3.8) is 0 Å². The molecule has 20 heavy (non-hydrogen) atoms. The van der Waals surface area contributed by atoms with E-state index in [0.717, 1.165) is 9.37 Å². The molecule has 6 heteroatoms. The maximum Gasteiger partial charge on any atom is 0.303 e. The molecule has 0 saturated carbocycles. The van der Waals surface area contributed by atoms with E-state index in [4.69, 9.17) is 5.11 Å². The summed E-state index contributed by atoms with van der Waals surface area (Å²) in [7, 11) is 0. The minimum absolute atomic E-state index is 0.0277. The van der Waals surface area contributed by atoms with Crippen LogP contribution in [0, 0.1) is 5.92 Å². The quantitative estimate of drug-likeness (QED) is 0.699. The zero-order chi connectivity index (χ0) is 15.0. The molecule has 1 atom stereocenters. The molecule has 1 amide bonds. The van der Waals surface area contributed by atoms with Crippen LogP contribution in [-0.2, 0) is 9.59 Å². The third kappa shape index (κ3) is 7.55. The van der Waals surface area contributed by atoms with Crippen LogP contribution < -0.4 is 5.32 Å². The van der Waals surface area contributed by atoms with E-state index in [1.165, 1.54) is 11.8 Å². The number of amides is 1. The van der Waals surface area contributed by atoms with Gasteiger partial charge in [0.2, 0.25) is 5.91 Å². The second-order valence-corrected chi connectivity index (χ2v) is 6.55. The zero-order valence-corrected chi connectivity index (χ0v) is 13.7. The Morgan fingerprint density at radius 3 is 2.60 bits per heavy atom. The lowest BCUT2D eigenvalue weighted by Gasteiger charge is -2.11. The average Bonchev–Trinajstić information content (AvgIpc) is 2.42. The number of hydrogen-bond acceptors (Lipinski definition) is 3. The number of benzene rings is 1. The average molecular weight is 360 g/mol. The molecular formula is C14H18BrNO3S. The summed E-state index contributed by atoms with van der Waals surface area (Å²) in [6, 6.07) is 7.79. The molecule has 1 aromatic carbocycles. The van der Waals surface area contributed by atoms with E-state index in [1.807, 2.05) is 31.2 Å². The van der Waals surface area contributed by atoms with Crippen molar-refractivity contribution in [1.82, 2.24) is 5.32 Å². The van der Waals surface area contributed by atoms with Crippen LogP contribution >= 0.6 is 27.7 Å². The molecule has 0 fully saturated rings. The van der Waals surface area contributed by atoms with E-state index in [-0.39, 0.29) is 18.2 Å². The summed E-state index contributed by atoms with van der Waals surface area (Å²) in [4.78, 5) is 23.1. The van der Waals surface area contributed by atoms with Gasteiger partial charge in [0.15, 0.2) is 0 Å². The van der Waals surface area contributed by atoms with Crippen LogP contribution in [0.5, 0.6) is 0 Å². The highest BCUT2D eigenvalue weighted by Gasteiger charge is 2.08. The SMILES string of the molecule is CC(CCC(=O)O)CNC(=O)CSc1ccc(Br)cc1. The molecule has 0 aliphatic rings. The van der Waals surface area contributed by atoms with Crippen LogP contribution in [0.15, 0.2) is 33.6 Å². The number of aliphatic carboxylic acids is 1. The maximum absolute atomic E-state index is 11.7. The lowest BCUT2D eigenvalue weighted by molar-refractivity contribution is -0.137. The monoisotopic (exact) mass is 359 g/mol. The van der Waals surface area contributed by atoms with E-state index < -0.39 is 5.97 Å². The molecule has 0 aromatic heterocycles. The van der Waals surface area contributed by atoms with Crippen LogP contribution in [0.1, 0.15) is 19.8 Å².